The minimum atomic E-state index is -3.88. The average Bonchev–Trinajstić information content (AvgIpc) is 2.93. The molecular formula is C17H20N4O4S. The molecule has 0 radical (unpaired) electrons. The third-order valence-electron chi connectivity index (χ3n) is 4.24. The van der Waals surface area contributed by atoms with Crippen molar-refractivity contribution in [3.05, 3.63) is 41.5 Å². The van der Waals surface area contributed by atoms with E-state index in [4.69, 9.17) is 0 Å². The predicted molar refractivity (Wildman–Crippen MR) is 94.9 cm³/mol. The number of rotatable bonds is 4. The SMILES string of the molecule is CC(=O)NS(=O)(=O)c1ccc(NC(=O)C2CCc3nc(C)[nH]c3C2)cc1. The predicted octanol–water partition coefficient (Wildman–Crippen LogP) is 1.29. The third-order valence-corrected chi connectivity index (χ3v) is 5.69. The van der Waals surface area contributed by atoms with Crippen molar-refractivity contribution < 1.29 is 18.0 Å². The van der Waals surface area contributed by atoms with Crippen molar-refractivity contribution in [1.29, 1.82) is 0 Å². The maximum Gasteiger partial charge on any atom is 0.264 e. The number of aromatic amines is 1. The Balaban J connectivity index is 1.66. The van der Waals surface area contributed by atoms with Crippen LogP contribution in [0.1, 0.15) is 30.6 Å². The largest absolute Gasteiger partial charge is 0.346 e. The molecule has 3 rings (SSSR count). The molecule has 8 nitrogen and oxygen atoms in total. The Morgan fingerprint density at radius 3 is 2.58 bits per heavy atom. The Hall–Kier alpha value is -2.68. The average molecular weight is 376 g/mol. The van der Waals surface area contributed by atoms with E-state index >= 15 is 0 Å². The lowest BCUT2D eigenvalue weighted by atomic mass is 9.89. The molecule has 26 heavy (non-hydrogen) atoms. The van der Waals surface area contributed by atoms with Gasteiger partial charge in [-0.2, -0.15) is 0 Å². The maximum absolute atomic E-state index is 12.5. The van der Waals surface area contributed by atoms with Crippen LogP contribution in [0.5, 0.6) is 0 Å². The fourth-order valence-electron chi connectivity index (χ4n) is 3.06. The molecule has 0 saturated carbocycles. The number of carbonyl (C=O) groups is 2. The van der Waals surface area contributed by atoms with Gasteiger partial charge in [0.1, 0.15) is 5.82 Å². The zero-order valence-corrected chi connectivity index (χ0v) is 15.3. The van der Waals surface area contributed by atoms with E-state index in [0.29, 0.717) is 12.1 Å². The van der Waals surface area contributed by atoms with Crippen LogP contribution in [0.3, 0.4) is 0 Å². The van der Waals surface area contributed by atoms with Gasteiger partial charge in [-0.15, -0.1) is 0 Å². The molecule has 2 aromatic rings. The second kappa shape index (κ2) is 6.91. The highest BCUT2D eigenvalue weighted by Gasteiger charge is 2.27. The molecule has 0 aliphatic heterocycles. The summed E-state index contributed by atoms with van der Waals surface area (Å²) >= 11 is 0. The number of sulfonamides is 1. The molecule has 9 heteroatoms. The number of anilines is 1. The van der Waals surface area contributed by atoms with Gasteiger partial charge in [0.2, 0.25) is 11.8 Å². The van der Waals surface area contributed by atoms with E-state index in [1.807, 2.05) is 11.6 Å². The summed E-state index contributed by atoms with van der Waals surface area (Å²) < 4.78 is 25.7. The Labute approximate surface area is 151 Å². The smallest absolute Gasteiger partial charge is 0.264 e. The van der Waals surface area contributed by atoms with Crippen LogP contribution in [0.2, 0.25) is 0 Å². The number of nitrogens with one attached hydrogen (secondary N) is 3. The Morgan fingerprint density at radius 1 is 1.23 bits per heavy atom. The summed E-state index contributed by atoms with van der Waals surface area (Å²) in [4.78, 5) is 31.0. The number of aromatic nitrogens is 2. The van der Waals surface area contributed by atoms with Crippen LogP contribution in [0.4, 0.5) is 5.69 Å². The lowest BCUT2D eigenvalue weighted by molar-refractivity contribution is -0.120. The highest BCUT2D eigenvalue weighted by atomic mass is 32.2. The second-order valence-electron chi connectivity index (χ2n) is 6.36. The number of amides is 2. The van der Waals surface area contributed by atoms with Crippen molar-refractivity contribution in [3.8, 4) is 0 Å². The summed E-state index contributed by atoms with van der Waals surface area (Å²) in [6.45, 7) is 3.02. The molecule has 138 valence electrons. The van der Waals surface area contributed by atoms with Crippen LogP contribution in [0.15, 0.2) is 29.2 Å². The number of fused-ring (bicyclic) bond motifs is 1. The summed E-state index contributed by atoms with van der Waals surface area (Å²) in [7, 11) is -3.88. The van der Waals surface area contributed by atoms with Crippen LogP contribution in [-0.2, 0) is 32.5 Å². The van der Waals surface area contributed by atoms with E-state index in [9.17, 15) is 18.0 Å². The molecule has 0 spiro atoms. The third kappa shape index (κ3) is 3.93. The highest BCUT2D eigenvalue weighted by Crippen LogP contribution is 2.25. The summed E-state index contributed by atoms with van der Waals surface area (Å²) in [6, 6.07) is 5.69. The van der Waals surface area contributed by atoms with E-state index < -0.39 is 15.9 Å². The molecule has 1 unspecified atom stereocenters. The van der Waals surface area contributed by atoms with Crippen LogP contribution in [0, 0.1) is 12.8 Å². The minimum absolute atomic E-state index is 0.0408. The van der Waals surface area contributed by atoms with Crippen molar-refractivity contribution in [1.82, 2.24) is 14.7 Å². The summed E-state index contributed by atoms with van der Waals surface area (Å²) in [5.41, 5.74) is 2.54. The fraction of sp³-hybridized carbons (Fsp3) is 0.353. The topological polar surface area (TPSA) is 121 Å². The first-order chi connectivity index (χ1) is 12.2. The van der Waals surface area contributed by atoms with E-state index in [1.165, 1.54) is 24.3 Å². The first-order valence-corrected chi connectivity index (χ1v) is 9.71. The zero-order valence-electron chi connectivity index (χ0n) is 14.5. The van der Waals surface area contributed by atoms with Crippen LogP contribution >= 0.6 is 0 Å². The van der Waals surface area contributed by atoms with Crippen molar-refractivity contribution >= 4 is 27.5 Å². The quantitative estimate of drug-likeness (QED) is 0.742. The molecule has 1 aliphatic carbocycles. The van der Waals surface area contributed by atoms with Gasteiger partial charge in [-0.05, 0) is 44.0 Å². The summed E-state index contributed by atoms with van der Waals surface area (Å²) in [5.74, 6) is -0.0781. The number of aryl methyl sites for hydroxylation is 2. The Kier molecular flexibility index (Phi) is 4.82. The number of benzene rings is 1. The number of hydrogen-bond acceptors (Lipinski definition) is 5. The monoisotopic (exact) mass is 376 g/mol. The van der Waals surface area contributed by atoms with Crippen LogP contribution in [-0.4, -0.2) is 30.2 Å². The number of H-pyrrole nitrogens is 1. The van der Waals surface area contributed by atoms with Crippen LogP contribution in [0.25, 0.3) is 0 Å². The van der Waals surface area contributed by atoms with E-state index in [2.05, 4.69) is 15.3 Å². The molecule has 3 N–H and O–H groups in total. The zero-order chi connectivity index (χ0) is 18.9. The lowest BCUT2D eigenvalue weighted by Crippen LogP contribution is -2.29. The molecule has 0 bridgehead atoms. The Bertz CT molecular complexity index is 948. The molecule has 1 aromatic heterocycles. The first-order valence-electron chi connectivity index (χ1n) is 8.23. The lowest BCUT2D eigenvalue weighted by Gasteiger charge is -2.20. The fourth-order valence-corrected chi connectivity index (χ4v) is 4.05. The molecule has 1 atom stereocenters. The van der Waals surface area contributed by atoms with Crippen molar-refractivity contribution in [2.75, 3.05) is 5.32 Å². The van der Waals surface area contributed by atoms with E-state index in [-0.39, 0.29) is 16.7 Å². The molecule has 1 aliphatic rings. The highest BCUT2D eigenvalue weighted by molar-refractivity contribution is 7.90. The molecule has 1 heterocycles. The first kappa shape index (κ1) is 18.1. The number of hydrogen-bond donors (Lipinski definition) is 3. The van der Waals surface area contributed by atoms with Gasteiger partial charge in [0, 0.05) is 30.6 Å². The van der Waals surface area contributed by atoms with E-state index in [0.717, 1.165) is 37.0 Å². The number of imidazole rings is 1. The molecular weight excluding hydrogens is 356 g/mol. The van der Waals surface area contributed by atoms with Gasteiger partial charge in [0.15, 0.2) is 0 Å². The van der Waals surface area contributed by atoms with Gasteiger partial charge < -0.3 is 10.3 Å². The minimum Gasteiger partial charge on any atom is -0.346 e. The second-order valence-corrected chi connectivity index (χ2v) is 8.04. The molecule has 0 saturated heterocycles. The normalized spacial score (nSPS) is 16.6. The summed E-state index contributed by atoms with van der Waals surface area (Å²) in [6.07, 6.45) is 2.08. The number of carbonyl (C=O) groups excluding carboxylic acids is 2. The standard InChI is InChI=1S/C17H20N4O4S/c1-10-18-15-8-3-12(9-16(15)19-10)17(23)20-13-4-6-14(7-5-13)26(24,25)21-11(2)22/h4-7,12H,3,8-9H2,1-2H3,(H,18,19)(H,20,23)(H,21,22). The van der Waals surface area contributed by atoms with Gasteiger partial charge in [0.05, 0.1) is 10.6 Å². The van der Waals surface area contributed by atoms with Gasteiger partial charge in [-0.25, -0.2) is 18.1 Å². The van der Waals surface area contributed by atoms with Crippen LogP contribution < -0.4 is 10.0 Å². The van der Waals surface area contributed by atoms with Gasteiger partial charge in [-0.3, -0.25) is 9.59 Å². The van der Waals surface area contributed by atoms with Crippen molar-refractivity contribution in [2.24, 2.45) is 5.92 Å². The van der Waals surface area contributed by atoms with Gasteiger partial charge >= 0.3 is 0 Å². The molecule has 2 amide bonds. The van der Waals surface area contributed by atoms with E-state index in [1.54, 1.807) is 0 Å². The van der Waals surface area contributed by atoms with Crippen molar-refractivity contribution in [2.45, 2.75) is 38.0 Å². The van der Waals surface area contributed by atoms with Crippen molar-refractivity contribution in [3.63, 3.8) is 0 Å². The van der Waals surface area contributed by atoms with Gasteiger partial charge in [0.25, 0.3) is 10.0 Å². The maximum atomic E-state index is 12.5. The molecule has 1 aromatic carbocycles. The summed E-state index contributed by atoms with van der Waals surface area (Å²) in [5, 5.41) is 2.81. The molecule has 0 fully saturated rings. The number of nitrogens with zero attached hydrogens (tertiary/aromatic N) is 1. The van der Waals surface area contributed by atoms with Gasteiger partial charge in [-0.1, -0.05) is 0 Å². The Morgan fingerprint density at radius 2 is 1.92 bits per heavy atom.